The van der Waals surface area contributed by atoms with Crippen LogP contribution in [0.4, 0.5) is 0 Å². The highest BCUT2D eigenvalue weighted by Gasteiger charge is 2.13. The van der Waals surface area contributed by atoms with E-state index in [9.17, 15) is 4.79 Å². The average molecular weight is 370 g/mol. The Morgan fingerprint density at radius 1 is 1.11 bits per heavy atom. The van der Waals surface area contributed by atoms with Gasteiger partial charge in [0.25, 0.3) is 5.91 Å². The van der Waals surface area contributed by atoms with Crippen molar-refractivity contribution in [2.24, 2.45) is 0 Å². The third-order valence-electron chi connectivity index (χ3n) is 4.41. The molecule has 2 heterocycles. The molecule has 0 spiro atoms. The maximum atomic E-state index is 11.2. The predicted molar refractivity (Wildman–Crippen MR) is 107 cm³/mol. The normalized spacial score (nSPS) is 11.2. The Labute approximate surface area is 161 Å². The minimum absolute atomic E-state index is 0.577. The highest BCUT2D eigenvalue weighted by Crippen LogP contribution is 2.26. The van der Waals surface area contributed by atoms with E-state index in [1.165, 1.54) is 6.08 Å². The number of hydrogen-bond acceptors (Lipinski definition) is 4. The second-order valence-electron chi connectivity index (χ2n) is 6.31. The van der Waals surface area contributed by atoms with E-state index >= 15 is 0 Å². The zero-order valence-electron chi connectivity index (χ0n) is 15.0. The van der Waals surface area contributed by atoms with Gasteiger partial charge in [-0.05, 0) is 35.4 Å². The van der Waals surface area contributed by atoms with E-state index in [0.29, 0.717) is 6.54 Å². The van der Waals surface area contributed by atoms with E-state index in [4.69, 9.17) is 10.2 Å². The molecule has 0 atom stereocenters. The van der Waals surface area contributed by atoms with E-state index < -0.39 is 5.91 Å². The molecule has 0 unspecified atom stereocenters. The zero-order chi connectivity index (χ0) is 19.3. The van der Waals surface area contributed by atoms with Gasteiger partial charge in [-0.2, -0.15) is 0 Å². The van der Waals surface area contributed by atoms with Crippen molar-refractivity contribution in [3.8, 4) is 11.4 Å². The lowest BCUT2D eigenvalue weighted by Gasteiger charge is -2.09. The number of aromatic nitrogens is 3. The lowest BCUT2D eigenvalue weighted by molar-refractivity contribution is -0.124. The van der Waals surface area contributed by atoms with Crippen LogP contribution in [0, 0.1) is 0 Å². The first kappa shape index (κ1) is 17.6. The summed E-state index contributed by atoms with van der Waals surface area (Å²) >= 11 is 0. The summed E-state index contributed by atoms with van der Waals surface area (Å²) in [7, 11) is 0. The Hall–Kier alpha value is -3.77. The molecule has 0 aliphatic rings. The summed E-state index contributed by atoms with van der Waals surface area (Å²) < 4.78 is 2.16. The third-order valence-corrected chi connectivity index (χ3v) is 4.41. The predicted octanol–water partition coefficient (Wildman–Crippen LogP) is 3.67. The highest BCUT2D eigenvalue weighted by atomic mass is 16.5. The molecule has 28 heavy (non-hydrogen) atoms. The summed E-state index contributed by atoms with van der Waals surface area (Å²) in [5.41, 5.74) is 6.34. The van der Waals surface area contributed by atoms with Crippen LogP contribution in [0.1, 0.15) is 11.1 Å². The molecule has 6 heteroatoms. The number of nitrogens with one attached hydrogen (secondary N) is 1. The third kappa shape index (κ3) is 3.67. The van der Waals surface area contributed by atoms with E-state index in [1.807, 2.05) is 66.9 Å². The molecule has 0 aliphatic carbocycles. The van der Waals surface area contributed by atoms with Gasteiger partial charge in [0.2, 0.25) is 0 Å². The molecule has 6 nitrogen and oxygen atoms in total. The summed E-state index contributed by atoms with van der Waals surface area (Å²) in [5.74, 6) is 0.292. The van der Waals surface area contributed by atoms with Crippen LogP contribution in [0.2, 0.25) is 0 Å². The van der Waals surface area contributed by atoms with Crippen molar-refractivity contribution in [1.29, 1.82) is 0 Å². The van der Waals surface area contributed by atoms with E-state index in [1.54, 1.807) is 17.8 Å². The van der Waals surface area contributed by atoms with E-state index in [-0.39, 0.29) is 0 Å². The lowest BCUT2D eigenvalue weighted by Crippen LogP contribution is -2.14. The molecule has 0 aliphatic heterocycles. The molecule has 0 saturated carbocycles. The highest BCUT2D eigenvalue weighted by molar-refractivity contribution is 5.91. The SMILES string of the molecule is O=C(/C=C/c1ccc2c(c1)nc(-c1ccccc1)n2Cc1cccnc1)NO. The van der Waals surface area contributed by atoms with E-state index in [0.717, 1.165) is 33.5 Å². The summed E-state index contributed by atoms with van der Waals surface area (Å²) in [6.45, 7) is 0.649. The molecule has 4 rings (SSSR count). The first-order chi connectivity index (χ1) is 13.7. The molecular weight excluding hydrogens is 352 g/mol. The molecule has 4 aromatic rings. The number of fused-ring (bicyclic) bond motifs is 1. The number of hydroxylamine groups is 1. The van der Waals surface area contributed by atoms with Crippen molar-refractivity contribution in [3.63, 3.8) is 0 Å². The van der Waals surface area contributed by atoms with Gasteiger partial charge in [0, 0.05) is 24.0 Å². The summed E-state index contributed by atoms with van der Waals surface area (Å²) in [4.78, 5) is 20.3. The van der Waals surface area contributed by atoms with Gasteiger partial charge in [0.15, 0.2) is 0 Å². The van der Waals surface area contributed by atoms with Crippen LogP contribution >= 0.6 is 0 Å². The van der Waals surface area contributed by atoms with Crippen LogP contribution in [0.25, 0.3) is 28.5 Å². The Morgan fingerprint density at radius 3 is 2.71 bits per heavy atom. The van der Waals surface area contributed by atoms with Gasteiger partial charge in [0.05, 0.1) is 17.6 Å². The second-order valence-corrected chi connectivity index (χ2v) is 6.31. The van der Waals surface area contributed by atoms with Crippen LogP contribution in [0.3, 0.4) is 0 Å². The Bertz CT molecular complexity index is 1140. The van der Waals surface area contributed by atoms with Gasteiger partial charge in [-0.25, -0.2) is 10.5 Å². The standard InChI is InChI=1S/C22H18N4O2/c27-21(25-28)11-9-16-8-10-20-19(13-16)24-22(18-6-2-1-3-7-18)26(20)15-17-5-4-12-23-14-17/h1-14,28H,15H2,(H,25,27)/b11-9+. The molecule has 138 valence electrons. The van der Waals surface area contributed by atoms with Crippen molar-refractivity contribution >= 4 is 23.0 Å². The van der Waals surface area contributed by atoms with Gasteiger partial charge >= 0.3 is 0 Å². The fourth-order valence-corrected chi connectivity index (χ4v) is 3.10. The van der Waals surface area contributed by atoms with Crippen molar-refractivity contribution in [3.05, 3.63) is 90.3 Å². The first-order valence-corrected chi connectivity index (χ1v) is 8.81. The second kappa shape index (κ2) is 7.85. The number of rotatable bonds is 5. The number of nitrogens with zero attached hydrogens (tertiary/aromatic N) is 3. The van der Waals surface area contributed by atoms with Gasteiger partial charge in [0.1, 0.15) is 5.82 Å². The fourth-order valence-electron chi connectivity index (χ4n) is 3.10. The fraction of sp³-hybridized carbons (Fsp3) is 0.0455. The molecule has 0 radical (unpaired) electrons. The van der Waals surface area contributed by atoms with Crippen LogP contribution < -0.4 is 5.48 Å². The molecule has 2 N–H and O–H groups in total. The number of imidazole rings is 1. The smallest absolute Gasteiger partial charge is 0.267 e. The molecule has 0 fully saturated rings. The number of carbonyl (C=O) groups excluding carboxylic acids is 1. The Morgan fingerprint density at radius 2 is 1.96 bits per heavy atom. The van der Waals surface area contributed by atoms with Crippen LogP contribution in [-0.4, -0.2) is 25.6 Å². The summed E-state index contributed by atoms with van der Waals surface area (Å²) in [6.07, 6.45) is 6.51. The maximum Gasteiger partial charge on any atom is 0.267 e. The molecule has 2 aromatic carbocycles. The maximum absolute atomic E-state index is 11.2. The number of benzene rings is 2. The number of carbonyl (C=O) groups is 1. The van der Waals surface area contributed by atoms with Gasteiger partial charge in [-0.15, -0.1) is 0 Å². The lowest BCUT2D eigenvalue weighted by atomic mass is 10.2. The van der Waals surface area contributed by atoms with Crippen molar-refractivity contribution < 1.29 is 10.0 Å². The molecule has 2 aromatic heterocycles. The summed E-state index contributed by atoms with van der Waals surface area (Å²) in [5, 5.41) is 8.62. The molecule has 1 amide bonds. The minimum Gasteiger partial charge on any atom is -0.319 e. The van der Waals surface area contributed by atoms with Gasteiger partial charge in [-0.3, -0.25) is 15.0 Å². The number of pyridine rings is 1. The number of amides is 1. The van der Waals surface area contributed by atoms with Gasteiger partial charge < -0.3 is 4.57 Å². The first-order valence-electron chi connectivity index (χ1n) is 8.81. The van der Waals surface area contributed by atoms with Crippen molar-refractivity contribution in [1.82, 2.24) is 20.0 Å². The summed E-state index contributed by atoms with van der Waals surface area (Å²) in [6, 6.07) is 19.8. The Kier molecular flexibility index (Phi) is 4.95. The van der Waals surface area contributed by atoms with Crippen molar-refractivity contribution in [2.75, 3.05) is 0 Å². The molecule has 0 saturated heterocycles. The molecule has 0 bridgehead atoms. The van der Waals surface area contributed by atoms with Crippen LogP contribution in [0.5, 0.6) is 0 Å². The largest absolute Gasteiger partial charge is 0.319 e. The Balaban J connectivity index is 1.82. The quantitative estimate of drug-likeness (QED) is 0.319. The minimum atomic E-state index is -0.577. The van der Waals surface area contributed by atoms with Crippen LogP contribution in [-0.2, 0) is 11.3 Å². The van der Waals surface area contributed by atoms with Gasteiger partial charge in [-0.1, -0.05) is 42.5 Å². The topological polar surface area (TPSA) is 80.0 Å². The van der Waals surface area contributed by atoms with Crippen LogP contribution in [0.15, 0.2) is 79.1 Å². The monoisotopic (exact) mass is 370 g/mol. The molecular formula is C22H18N4O2. The van der Waals surface area contributed by atoms with E-state index in [2.05, 4.69) is 9.55 Å². The number of hydrogen-bond donors (Lipinski definition) is 2. The zero-order valence-corrected chi connectivity index (χ0v) is 15.0. The van der Waals surface area contributed by atoms with Crippen molar-refractivity contribution in [2.45, 2.75) is 6.54 Å². The average Bonchev–Trinajstić information content (AvgIpc) is 3.11.